The Balaban J connectivity index is 0.000000477. The SMILES string of the molecule is Cc1cccc(C)c1.Cc1cccc(N(c2ccc(-c3ccc(C)c(-c4ccccc4C)c3)cc2)c2ccc(-c3cccc4c3oc3ccccc34)cc2)c1. The lowest BCUT2D eigenvalue weighted by Crippen LogP contribution is -2.10. The number of nitrogens with zero attached hydrogens (tertiary/aromatic N) is 1. The molecule has 0 aliphatic rings. The highest BCUT2D eigenvalue weighted by molar-refractivity contribution is 6.09. The van der Waals surface area contributed by atoms with Crippen molar-refractivity contribution in [2.75, 3.05) is 4.90 Å². The van der Waals surface area contributed by atoms with Crippen LogP contribution in [0.2, 0.25) is 0 Å². The summed E-state index contributed by atoms with van der Waals surface area (Å²) in [5, 5.41) is 2.29. The molecule has 0 radical (unpaired) electrons. The standard InChI is InChI=1S/C45H35NO.C8H10/c1-30-10-8-12-38(28-30)46(36-24-20-33(21-25-36)35-19-18-32(3)43(29-35)39-13-5-4-11-31(39)2)37-26-22-34(23-27-37)40-15-9-16-42-41-14-6-7-17-44(41)47-45(40)42;1-7-4-3-5-8(2)6-7/h4-29H,1-3H3;3-6H,1-2H3. The summed E-state index contributed by atoms with van der Waals surface area (Å²) < 4.78 is 6.35. The van der Waals surface area contributed by atoms with E-state index in [0.29, 0.717) is 0 Å². The minimum atomic E-state index is 0.915. The van der Waals surface area contributed by atoms with E-state index >= 15 is 0 Å². The summed E-state index contributed by atoms with van der Waals surface area (Å²) in [6, 6.07) is 65.0. The summed E-state index contributed by atoms with van der Waals surface area (Å²) in [6.45, 7) is 10.7. The van der Waals surface area contributed by atoms with Gasteiger partial charge in [0.25, 0.3) is 0 Å². The predicted molar refractivity (Wildman–Crippen MR) is 235 cm³/mol. The highest BCUT2D eigenvalue weighted by atomic mass is 16.3. The predicted octanol–water partition coefficient (Wildman–Crippen LogP) is 15.3. The first kappa shape index (κ1) is 35.4. The normalized spacial score (nSPS) is 11.0. The van der Waals surface area contributed by atoms with E-state index in [-0.39, 0.29) is 0 Å². The topological polar surface area (TPSA) is 16.4 Å². The van der Waals surface area contributed by atoms with Crippen LogP contribution in [-0.4, -0.2) is 0 Å². The summed E-state index contributed by atoms with van der Waals surface area (Å²) in [5.74, 6) is 0. The molecule has 0 N–H and O–H groups in total. The van der Waals surface area contributed by atoms with Crippen molar-refractivity contribution in [1.82, 2.24) is 0 Å². The number of hydrogen-bond acceptors (Lipinski definition) is 2. The molecule has 2 heteroatoms. The first-order valence-corrected chi connectivity index (χ1v) is 19.0. The third-order valence-corrected chi connectivity index (χ3v) is 10.4. The highest BCUT2D eigenvalue weighted by Gasteiger charge is 2.16. The third kappa shape index (κ3) is 7.45. The molecule has 9 aromatic rings. The second-order valence-corrected chi connectivity index (χ2v) is 14.6. The number of aryl methyl sites for hydroxylation is 5. The number of rotatable bonds is 6. The summed E-state index contributed by atoms with van der Waals surface area (Å²) in [6.07, 6.45) is 0. The first-order chi connectivity index (χ1) is 26.8. The fourth-order valence-electron chi connectivity index (χ4n) is 7.56. The van der Waals surface area contributed by atoms with Gasteiger partial charge in [-0.15, -0.1) is 0 Å². The molecule has 0 atom stereocenters. The first-order valence-electron chi connectivity index (χ1n) is 19.0. The van der Waals surface area contributed by atoms with Crippen molar-refractivity contribution < 1.29 is 4.42 Å². The lowest BCUT2D eigenvalue weighted by atomic mass is 9.93. The van der Waals surface area contributed by atoms with Gasteiger partial charge >= 0.3 is 0 Å². The summed E-state index contributed by atoms with van der Waals surface area (Å²) >= 11 is 0. The van der Waals surface area contributed by atoms with Crippen LogP contribution in [-0.2, 0) is 0 Å². The molecule has 0 spiro atoms. The second kappa shape index (κ2) is 15.4. The maximum Gasteiger partial charge on any atom is 0.143 e. The molecule has 0 aliphatic carbocycles. The lowest BCUT2D eigenvalue weighted by Gasteiger charge is -2.26. The largest absolute Gasteiger partial charge is 0.455 e. The van der Waals surface area contributed by atoms with E-state index < -0.39 is 0 Å². The van der Waals surface area contributed by atoms with Crippen molar-refractivity contribution in [3.63, 3.8) is 0 Å². The smallest absolute Gasteiger partial charge is 0.143 e. The van der Waals surface area contributed by atoms with Crippen LogP contribution < -0.4 is 4.90 Å². The monoisotopic (exact) mass is 711 g/mol. The zero-order valence-electron chi connectivity index (χ0n) is 32.2. The number of hydrogen-bond donors (Lipinski definition) is 0. The van der Waals surface area contributed by atoms with Gasteiger partial charge in [-0.3, -0.25) is 0 Å². The summed E-state index contributed by atoms with van der Waals surface area (Å²) in [4.78, 5) is 2.33. The summed E-state index contributed by atoms with van der Waals surface area (Å²) in [5.41, 5.74) is 18.8. The molecule has 0 unspecified atom stereocenters. The Labute approximate surface area is 325 Å². The van der Waals surface area contributed by atoms with E-state index in [1.807, 2.05) is 12.1 Å². The van der Waals surface area contributed by atoms with Crippen molar-refractivity contribution in [3.05, 3.63) is 210 Å². The van der Waals surface area contributed by atoms with Crippen LogP contribution >= 0.6 is 0 Å². The zero-order valence-corrected chi connectivity index (χ0v) is 32.2. The Hall–Kier alpha value is -6.64. The van der Waals surface area contributed by atoms with Crippen LogP contribution in [0.4, 0.5) is 17.1 Å². The van der Waals surface area contributed by atoms with Gasteiger partial charge in [-0.1, -0.05) is 145 Å². The number of anilines is 3. The van der Waals surface area contributed by atoms with Gasteiger partial charge in [-0.05, 0) is 128 Å². The van der Waals surface area contributed by atoms with Gasteiger partial charge in [0.2, 0.25) is 0 Å². The Morgan fingerprint density at radius 3 is 1.56 bits per heavy atom. The second-order valence-electron chi connectivity index (χ2n) is 14.6. The molecule has 9 rings (SSSR count). The van der Waals surface area contributed by atoms with E-state index in [1.165, 1.54) is 50.1 Å². The van der Waals surface area contributed by atoms with E-state index in [1.54, 1.807) is 0 Å². The van der Waals surface area contributed by atoms with Gasteiger partial charge in [0.1, 0.15) is 11.2 Å². The Kier molecular flexibility index (Phi) is 9.90. The molecule has 0 saturated heterocycles. The maximum absolute atomic E-state index is 6.35. The van der Waals surface area contributed by atoms with Crippen LogP contribution in [0, 0.1) is 34.6 Å². The quantitative estimate of drug-likeness (QED) is 0.171. The average molecular weight is 712 g/mol. The molecule has 55 heavy (non-hydrogen) atoms. The number of para-hydroxylation sites is 2. The van der Waals surface area contributed by atoms with E-state index in [2.05, 4.69) is 209 Å². The Bertz CT molecular complexity index is 2730. The van der Waals surface area contributed by atoms with Crippen LogP contribution in [0.25, 0.3) is 55.3 Å². The maximum atomic E-state index is 6.35. The molecule has 0 bridgehead atoms. The van der Waals surface area contributed by atoms with Gasteiger partial charge in [-0.2, -0.15) is 0 Å². The molecule has 268 valence electrons. The zero-order chi connectivity index (χ0) is 37.9. The fraction of sp³-hybridized carbons (Fsp3) is 0.0943. The number of benzene rings is 8. The minimum absolute atomic E-state index is 0.915. The van der Waals surface area contributed by atoms with Crippen molar-refractivity contribution in [1.29, 1.82) is 0 Å². The molecule has 0 fully saturated rings. The average Bonchev–Trinajstić information content (AvgIpc) is 3.59. The van der Waals surface area contributed by atoms with E-state index in [9.17, 15) is 0 Å². The lowest BCUT2D eigenvalue weighted by molar-refractivity contribution is 0.670. The van der Waals surface area contributed by atoms with Crippen molar-refractivity contribution in [3.8, 4) is 33.4 Å². The van der Waals surface area contributed by atoms with Gasteiger partial charge < -0.3 is 9.32 Å². The van der Waals surface area contributed by atoms with Gasteiger partial charge in [0, 0.05) is 33.4 Å². The highest BCUT2D eigenvalue weighted by Crippen LogP contribution is 2.40. The van der Waals surface area contributed by atoms with Crippen molar-refractivity contribution in [2.45, 2.75) is 34.6 Å². The van der Waals surface area contributed by atoms with Gasteiger partial charge in [-0.25, -0.2) is 0 Å². The molecule has 0 aliphatic heterocycles. The van der Waals surface area contributed by atoms with Crippen LogP contribution in [0.1, 0.15) is 27.8 Å². The molecule has 0 saturated carbocycles. The molecular formula is C53H45NO. The molecule has 1 heterocycles. The van der Waals surface area contributed by atoms with Gasteiger partial charge in [0.05, 0.1) is 0 Å². The van der Waals surface area contributed by atoms with E-state index in [4.69, 9.17) is 4.42 Å². The molecular weight excluding hydrogens is 667 g/mol. The van der Waals surface area contributed by atoms with Gasteiger partial charge in [0.15, 0.2) is 0 Å². The molecule has 0 amide bonds. The number of furan rings is 1. The molecule has 8 aromatic carbocycles. The van der Waals surface area contributed by atoms with Crippen LogP contribution in [0.5, 0.6) is 0 Å². The van der Waals surface area contributed by atoms with Crippen LogP contribution in [0.3, 0.4) is 0 Å². The third-order valence-electron chi connectivity index (χ3n) is 10.4. The van der Waals surface area contributed by atoms with Crippen molar-refractivity contribution >= 4 is 39.0 Å². The fourth-order valence-corrected chi connectivity index (χ4v) is 7.56. The Morgan fingerprint density at radius 1 is 0.345 bits per heavy atom. The van der Waals surface area contributed by atoms with Crippen molar-refractivity contribution in [2.24, 2.45) is 0 Å². The van der Waals surface area contributed by atoms with Crippen LogP contribution in [0.15, 0.2) is 186 Å². The van der Waals surface area contributed by atoms with E-state index in [0.717, 1.165) is 50.1 Å². The molecule has 2 nitrogen and oxygen atoms in total. The number of fused-ring (bicyclic) bond motifs is 3. The Morgan fingerprint density at radius 2 is 0.891 bits per heavy atom. The minimum Gasteiger partial charge on any atom is -0.455 e. The molecule has 1 aromatic heterocycles. The summed E-state index contributed by atoms with van der Waals surface area (Å²) in [7, 11) is 0.